The second kappa shape index (κ2) is 18.2. The SMILES string of the molecule is C[C@@]1(O)[C@@H](C(N)=O)O[C@@](O)(P(=O)(O)OC[C@@H](OCCCCCCCCCCC(F)(F)C(F)(F)C(F)(F)C(F)(F)C(F)(F)C(F)(F)C(F)(F)C(F)(F)F)C(=O)O)[C@H](O)[C@H]1O. The molecule has 1 aliphatic heterocycles. The molecule has 0 radical (unpaired) electrons. The Morgan fingerprint density at radius 3 is 1.49 bits per heavy atom. The minimum atomic E-state index is -8.69. The van der Waals surface area contributed by atoms with Crippen LogP contribution in [0.5, 0.6) is 0 Å². The highest BCUT2D eigenvalue weighted by Gasteiger charge is 2.95. The highest BCUT2D eigenvalue weighted by molar-refractivity contribution is 7.54. The predicted molar refractivity (Wildman–Crippen MR) is 157 cm³/mol. The maximum Gasteiger partial charge on any atom is 0.460 e. The number of amides is 1. The van der Waals surface area contributed by atoms with E-state index in [1.54, 1.807) is 0 Å². The molecule has 0 saturated carbocycles. The van der Waals surface area contributed by atoms with Crippen LogP contribution in [-0.2, 0) is 28.2 Å². The Morgan fingerprint density at radius 2 is 1.08 bits per heavy atom. The van der Waals surface area contributed by atoms with Crippen LogP contribution < -0.4 is 5.73 Å². The van der Waals surface area contributed by atoms with Gasteiger partial charge in [0.15, 0.2) is 12.2 Å². The summed E-state index contributed by atoms with van der Waals surface area (Å²) in [6, 6.07) is 0. The number of alkyl halides is 17. The van der Waals surface area contributed by atoms with E-state index in [4.69, 9.17) is 10.5 Å². The molecule has 0 bridgehead atoms. The number of aliphatic carboxylic acids is 1. The molecule has 8 N–H and O–H groups in total. The molecule has 0 aromatic heterocycles. The number of carbonyl (C=O) groups is 2. The number of rotatable bonds is 24. The number of ether oxygens (including phenoxy) is 2. The van der Waals surface area contributed by atoms with E-state index >= 15 is 0 Å². The Morgan fingerprint density at radius 1 is 0.695 bits per heavy atom. The van der Waals surface area contributed by atoms with Gasteiger partial charge in [-0.3, -0.25) is 9.36 Å². The molecule has 1 saturated heterocycles. The first-order valence-corrected chi connectivity index (χ1v) is 18.0. The number of carboxylic acid groups (broad SMARTS) is 1. The molecule has 1 fully saturated rings. The molecule has 0 aromatic carbocycles. The van der Waals surface area contributed by atoms with Crippen LogP contribution in [0, 0.1) is 0 Å². The van der Waals surface area contributed by atoms with Gasteiger partial charge < -0.3 is 50.2 Å². The Labute approximate surface area is 320 Å². The van der Waals surface area contributed by atoms with Crippen LogP contribution in [0.3, 0.4) is 0 Å². The summed E-state index contributed by atoms with van der Waals surface area (Å²) >= 11 is 0. The number of hydrogen-bond acceptors (Lipinski definition) is 10. The number of aliphatic hydroxyl groups is 4. The standard InChI is InChI=1S/C28H37F17NO12P/c1-19(52)14(47)15(48)21(53,58-16(19)17(46)49)59(54,55)57-12-13(18(50)51)56-11-9-7-5-3-2-4-6-8-10-20(29,30)22(31,32)23(33,34)24(35,36)25(37,38)26(39,40)27(41,42)28(43,44)45/h13-16,47-48,52-53H,2-12H2,1H3,(H2,46,49)(H,50,51)(H,54,55)/t13-,14-,15-,16-,19+,21-/m1/s1. The van der Waals surface area contributed by atoms with Gasteiger partial charge >= 0.3 is 66.7 Å². The fourth-order valence-electron chi connectivity index (χ4n) is 5.16. The Hall–Kier alpha value is -2.34. The van der Waals surface area contributed by atoms with Gasteiger partial charge in [0, 0.05) is 13.0 Å². The van der Waals surface area contributed by atoms with Crippen LogP contribution in [0.2, 0.25) is 0 Å². The maximum absolute atomic E-state index is 14.0. The van der Waals surface area contributed by atoms with Crippen molar-refractivity contribution >= 4 is 19.5 Å². The molecule has 7 atom stereocenters. The van der Waals surface area contributed by atoms with Gasteiger partial charge in [-0.25, -0.2) is 4.79 Å². The number of halogens is 17. The lowest BCUT2D eigenvalue weighted by molar-refractivity contribution is -0.461. The van der Waals surface area contributed by atoms with Gasteiger partial charge in [0.25, 0.3) is 0 Å². The van der Waals surface area contributed by atoms with Crippen molar-refractivity contribution < 1.29 is 133 Å². The lowest BCUT2D eigenvalue weighted by atomic mass is 9.85. The Bertz CT molecular complexity index is 1500. The molecule has 0 aliphatic carbocycles. The molecule has 13 nitrogen and oxygen atoms in total. The first kappa shape index (κ1) is 54.7. The van der Waals surface area contributed by atoms with Crippen molar-refractivity contribution in [1.82, 2.24) is 0 Å². The third-order valence-corrected chi connectivity index (χ3v) is 10.6. The first-order chi connectivity index (χ1) is 26.1. The van der Waals surface area contributed by atoms with E-state index in [1.165, 1.54) is 0 Å². The van der Waals surface area contributed by atoms with Gasteiger partial charge in [-0.1, -0.05) is 38.5 Å². The van der Waals surface area contributed by atoms with Gasteiger partial charge in [-0.15, -0.1) is 0 Å². The van der Waals surface area contributed by atoms with Crippen molar-refractivity contribution in [2.45, 2.75) is 148 Å². The zero-order valence-electron chi connectivity index (χ0n) is 29.7. The van der Waals surface area contributed by atoms with Gasteiger partial charge in [0.05, 0.1) is 6.61 Å². The van der Waals surface area contributed by atoms with E-state index in [-0.39, 0.29) is 38.5 Å². The number of hydrogen-bond donors (Lipinski definition) is 7. The maximum atomic E-state index is 14.0. The van der Waals surface area contributed by atoms with E-state index in [1.807, 2.05) is 0 Å². The predicted octanol–water partition coefficient (Wildman–Crippen LogP) is 5.18. The van der Waals surface area contributed by atoms with Gasteiger partial charge in [-0.2, -0.15) is 74.6 Å². The number of primary amides is 1. The number of carboxylic acids is 1. The molecule has 1 aliphatic rings. The molecule has 59 heavy (non-hydrogen) atoms. The Kier molecular flexibility index (Phi) is 16.8. The molecular weight excluding hydrogens is 896 g/mol. The highest BCUT2D eigenvalue weighted by atomic mass is 31.2. The van der Waals surface area contributed by atoms with Crippen molar-refractivity contribution in [3.05, 3.63) is 0 Å². The molecule has 1 heterocycles. The lowest BCUT2D eigenvalue weighted by Gasteiger charge is -2.49. The topological polar surface area (TPSA) is 226 Å². The third kappa shape index (κ3) is 10.1. The van der Waals surface area contributed by atoms with Gasteiger partial charge in [0.1, 0.15) is 17.8 Å². The summed E-state index contributed by atoms with van der Waals surface area (Å²) in [6.45, 7) is -1.06. The van der Waals surface area contributed by atoms with E-state index < -0.39 is 135 Å². The van der Waals surface area contributed by atoms with Crippen LogP contribution in [0.15, 0.2) is 0 Å². The molecule has 0 aromatic rings. The average molecular weight is 934 g/mol. The normalized spacial score (nSPS) is 26.1. The minimum absolute atomic E-state index is 0.0207. The summed E-state index contributed by atoms with van der Waals surface area (Å²) in [5.41, 5.74) is -1.55. The smallest absolute Gasteiger partial charge is 0.460 e. The van der Waals surface area contributed by atoms with Crippen molar-refractivity contribution in [1.29, 1.82) is 0 Å². The molecule has 1 amide bonds. The van der Waals surface area contributed by atoms with Crippen LogP contribution in [0.25, 0.3) is 0 Å². The molecule has 0 spiro atoms. The minimum Gasteiger partial charge on any atom is -0.479 e. The molecule has 1 unspecified atom stereocenters. The lowest BCUT2D eigenvalue weighted by Crippen LogP contribution is -2.74. The number of unbranched alkanes of at least 4 members (excludes halogenated alkanes) is 7. The molecule has 31 heteroatoms. The summed E-state index contributed by atoms with van der Waals surface area (Å²) in [5.74, 6) is -60.0. The second-order valence-corrected chi connectivity index (χ2v) is 15.4. The van der Waals surface area contributed by atoms with E-state index in [0.29, 0.717) is 6.92 Å². The average Bonchev–Trinajstić information content (AvgIpc) is 3.07. The summed E-state index contributed by atoms with van der Waals surface area (Å²) in [4.78, 5) is 33.4. The largest absolute Gasteiger partial charge is 0.479 e. The van der Waals surface area contributed by atoms with Gasteiger partial charge in [0.2, 0.25) is 5.91 Å². The van der Waals surface area contributed by atoms with E-state index in [9.17, 15) is 119 Å². The zero-order valence-corrected chi connectivity index (χ0v) is 30.6. The number of aliphatic hydroxyl groups excluding tert-OH is 2. The molecule has 1 rings (SSSR count). The molecule has 350 valence electrons. The first-order valence-electron chi connectivity index (χ1n) is 16.4. The van der Waals surface area contributed by atoms with E-state index in [2.05, 4.69) is 9.26 Å². The van der Waals surface area contributed by atoms with Crippen LogP contribution >= 0.6 is 7.60 Å². The monoisotopic (exact) mass is 933 g/mol. The second-order valence-electron chi connectivity index (χ2n) is 13.4. The summed E-state index contributed by atoms with van der Waals surface area (Å²) < 4.78 is 254. The van der Waals surface area contributed by atoms with Crippen LogP contribution in [-0.4, -0.2) is 139 Å². The molecular formula is C28H37F17NO12P. The summed E-state index contributed by atoms with van der Waals surface area (Å²) in [7, 11) is -5.81. The fraction of sp³-hybridized carbons (Fsp3) is 0.929. The Balaban J connectivity index is 2.66. The van der Waals surface area contributed by atoms with Crippen LogP contribution in [0.1, 0.15) is 64.7 Å². The summed E-state index contributed by atoms with van der Waals surface area (Å²) in [5, 5.41) is 50.3. The number of nitrogens with two attached hydrogens (primary N) is 1. The van der Waals surface area contributed by atoms with Crippen molar-refractivity contribution in [3.8, 4) is 0 Å². The van der Waals surface area contributed by atoms with Crippen molar-refractivity contribution in [2.75, 3.05) is 13.2 Å². The quantitative estimate of drug-likeness (QED) is 0.0378. The van der Waals surface area contributed by atoms with Crippen LogP contribution in [0.4, 0.5) is 74.6 Å². The fourth-order valence-corrected chi connectivity index (χ4v) is 6.40. The number of carbonyl (C=O) groups excluding carboxylic acids is 1. The highest BCUT2D eigenvalue weighted by Crippen LogP contribution is 2.64. The summed E-state index contributed by atoms with van der Waals surface area (Å²) in [6.07, 6.45) is -21.6. The van der Waals surface area contributed by atoms with Crippen molar-refractivity contribution in [3.63, 3.8) is 0 Å². The van der Waals surface area contributed by atoms with E-state index in [0.717, 1.165) is 0 Å². The van der Waals surface area contributed by atoms with Crippen molar-refractivity contribution in [2.24, 2.45) is 5.73 Å². The zero-order chi connectivity index (χ0) is 46.9. The third-order valence-electron chi connectivity index (χ3n) is 8.94. The van der Waals surface area contributed by atoms with Gasteiger partial charge in [-0.05, 0) is 19.8 Å².